The Hall–Kier alpha value is -2.57. The lowest BCUT2D eigenvalue weighted by atomic mass is 10.0. The first-order valence-electron chi connectivity index (χ1n) is 7.02. The maximum Gasteiger partial charge on any atom is 0.407 e. The van der Waals surface area contributed by atoms with Gasteiger partial charge >= 0.3 is 6.09 Å². The van der Waals surface area contributed by atoms with E-state index in [-0.39, 0.29) is 19.0 Å². The van der Waals surface area contributed by atoms with Crippen molar-refractivity contribution < 1.29 is 24.2 Å². The average Bonchev–Trinajstić information content (AvgIpc) is 2.83. The van der Waals surface area contributed by atoms with E-state index in [2.05, 4.69) is 17.4 Å². The lowest BCUT2D eigenvalue weighted by molar-refractivity contribution is -0.133. The van der Waals surface area contributed by atoms with Crippen molar-refractivity contribution in [3.8, 4) is 0 Å². The van der Waals surface area contributed by atoms with Crippen LogP contribution in [0, 0.1) is 0 Å². The summed E-state index contributed by atoms with van der Waals surface area (Å²) in [4.78, 5) is 33.4. The van der Waals surface area contributed by atoms with Crippen LogP contribution in [0.1, 0.15) is 11.1 Å². The van der Waals surface area contributed by atoms with E-state index in [4.69, 9.17) is 14.6 Å². The van der Waals surface area contributed by atoms with E-state index in [1.807, 2.05) is 17.0 Å². The van der Waals surface area contributed by atoms with Gasteiger partial charge in [0.05, 0.1) is 0 Å². The molecule has 7 nitrogen and oxygen atoms in total. The average molecular weight is 306 g/mol. The molecule has 2 amide bonds. The smallest absolute Gasteiger partial charge is 0.407 e. The fourth-order valence-corrected chi connectivity index (χ4v) is 2.63. The Kier molecular flexibility index (Phi) is 5.35. The largest absolute Gasteiger partial charge is 0.483 e. The molecule has 2 aliphatic rings. The summed E-state index contributed by atoms with van der Waals surface area (Å²) in [5.41, 5.74) is 2.62. The molecule has 0 radical (unpaired) electrons. The summed E-state index contributed by atoms with van der Waals surface area (Å²) >= 11 is 0. The van der Waals surface area contributed by atoms with Crippen molar-refractivity contribution in [1.29, 1.82) is 0 Å². The Bertz CT molecular complexity index is 534. The molecule has 2 aliphatic heterocycles. The number of fused-ring (bicyclic) bond motifs is 1. The first-order valence-corrected chi connectivity index (χ1v) is 7.02. The second-order valence-electron chi connectivity index (χ2n) is 4.99. The predicted octanol–water partition coefficient (Wildman–Crippen LogP) is 0.423. The van der Waals surface area contributed by atoms with Gasteiger partial charge in [0.15, 0.2) is 0 Å². The fourth-order valence-electron chi connectivity index (χ4n) is 2.63. The molecular weight excluding hydrogens is 288 g/mol. The number of amides is 2. The molecule has 1 fully saturated rings. The van der Waals surface area contributed by atoms with E-state index >= 15 is 0 Å². The van der Waals surface area contributed by atoms with Crippen LogP contribution in [0.5, 0.6) is 0 Å². The SMILES string of the molecule is O=C1N[C@H](C(=O)N2CCc3ccccc3CC2)CO1.O=CO. The van der Waals surface area contributed by atoms with Gasteiger partial charge in [0.1, 0.15) is 12.6 Å². The number of cyclic esters (lactones) is 1. The monoisotopic (exact) mass is 306 g/mol. The summed E-state index contributed by atoms with van der Waals surface area (Å²) in [6.07, 6.45) is 1.23. The second kappa shape index (κ2) is 7.44. The maximum atomic E-state index is 12.3. The summed E-state index contributed by atoms with van der Waals surface area (Å²) in [5, 5.41) is 9.43. The van der Waals surface area contributed by atoms with Gasteiger partial charge in [-0.1, -0.05) is 24.3 Å². The number of ether oxygens (including phenoxy) is 1. The van der Waals surface area contributed by atoms with Gasteiger partial charge in [-0.15, -0.1) is 0 Å². The van der Waals surface area contributed by atoms with Gasteiger partial charge in [-0.2, -0.15) is 0 Å². The van der Waals surface area contributed by atoms with Crippen LogP contribution in [-0.4, -0.2) is 54.2 Å². The van der Waals surface area contributed by atoms with Crippen LogP contribution in [0.25, 0.3) is 0 Å². The third kappa shape index (κ3) is 3.75. The molecule has 0 aliphatic carbocycles. The van der Waals surface area contributed by atoms with Crippen LogP contribution in [-0.2, 0) is 27.2 Å². The molecule has 0 saturated carbocycles. The summed E-state index contributed by atoms with van der Waals surface area (Å²) in [6, 6.07) is 7.77. The maximum absolute atomic E-state index is 12.3. The molecule has 3 rings (SSSR count). The van der Waals surface area contributed by atoms with Gasteiger partial charge in [-0.3, -0.25) is 9.59 Å². The number of carboxylic acid groups (broad SMARTS) is 1. The minimum atomic E-state index is -0.520. The molecule has 118 valence electrons. The molecule has 2 N–H and O–H groups in total. The zero-order chi connectivity index (χ0) is 15.9. The number of hydrogen-bond acceptors (Lipinski definition) is 4. The highest BCUT2D eigenvalue weighted by molar-refractivity contribution is 5.88. The highest BCUT2D eigenvalue weighted by Gasteiger charge is 2.32. The Balaban J connectivity index is 0.000000545. The summed E-state index contributed by atoms with van der Waals surface area (Å²) in [6.45, 7) is 1.28. The molecule has 0 bridgehead atoms. The van der Waals surface area contributed by atoms with Gasteiger partial charge in [0.25, 0.3) is 6.47 Å². The minimum Gasteiger partial charge on any atom is -0.483 e. The number of rotatable bonds is 1. The lowest BCUT2D eigenvalue weighted by Gasteiger charge is -2.22. The van der Waals surface area contributed by atoms with Crippen LogP contribution in [0.15, 0.2) is 24.3 Å². The van der Waals surface area contributed by atoms with Crippen molar-refractivity contribution in [3.05, 3.63) is 35.4 Å². The number of nitrogens with one attached hydrogen (secondary N) is 1. The molecule has 2 heterocycles. The number of carbonyl (C=O) groups excluding carboxylic acids is 2. The molecule has 0 aromatic heterocycles. The Labute approximate surface area is 127 Å². The molecule has 1 saturated heterocycles. The second-order valence-corrected chi connectivity index (χ2v) is 4.99. The van der Waals surface area contributed by atoms with E-state index < -0.39 is 12.1 Å². The van der Waals surface area contributed by atoms with E-state index in [0.717, 1.165) is 12.8 Å². The van der Waals surface area contributed by atoms with Gasteiger partial charge in [0, 0.05) is 13.1 Å². The van der Waals surface area contributed by atoms with E-state index in [1.54, 1.807) is 0 Å². The molecule has 22 heavy (non-hydrogen) atoms. The highest BCUT2D eigenvalue weighted by atomic mass is 16.6. The van der Waals surface area contributed by atoms with Crippen LogP contribution < -0.4 is 5.32 Å². The standard InChI is InChI=1S/C14H16N2O3.CH2O2/c17-13(12-9-19-14(18)15-12)16-7-5-10-3-1-2-4-11(10)6-8-16;2-1-3/h1-4,12H,5-9H2,(H,15,18);1H,(H,2,3)/t12-;/m0./s1. The normalized spacial score (nSPS) is 19.7. The molecule has 7 heteroatoms. The van der Waals surface area contributed by atoms with Crippen molar-refractivity contribution in [2.45, 2.75) is 18.9 Å². The Morgan fingerprint density at radius 3 is 2.27 bits per heavy atom. The molecule has 1 aromatic carbocycles. The molecule has 0 spiro atoms. The zero-order valence-electron chi connectivity index (χ0n) is 12.0. The summed E-state index contributed by atoms with van der Waals surface area (Å²) < 4.78 is 4.77. The minimum absolute atomic E-state index is 0.0429. The van der Waals surface area contributed by atoms with Crippen molar-refractivity contribution in [3.63, 3.8) is 0 Å². The third-order valence-corrected chi connectivity index (χ3v) is 3.70. The number of benzene rings is 1. The Morgan fingerprint density at radius 1 is 1.27 bits per heavy atom. The van der Waals surface area contributed by atoms with Crippen LogP contribution >= 0.6 is 0 Å². The molecule has 1 atom stereocenters. The predicted molar refractivity (Wildman–Crippen MR) is 77.4 cm³/mol. The van der Waals surface area contributed by atoms with Crippen LogP contribution in [0.2, 0.25) is 0 Å². The van der Waals surface area contributed by atoms with Crippen molar-refractivity contribution in [2.75, 3.05) is 19.7 Å². The molecular formula is C15H18N2O5. The van der Waals surface area contributed by atoms with E-state index in [1.165, 1.54) is 11.1 Å². The first kappa shape index (κ1) is 15.8. The van der Waals surface area contributed by atoms with Crippen LogP contribution in [0.4, 0.5) is 4.79 Å². The molecule has 0 unspecified atom stereocenters. The number of alkyl carbamates (subject to hydrolysis) is 1. The van der Waals surface area contributed by atoms with Gasteiger partial charge in [-0.05, 0) is 24.0 Å². The first-order chi connectivity index (χ1) is 10.7. The quantitative estimate of drug-likeness (QED) is 0.733. The Morgan fingerprint density at radius 2 is 1.82 bits per heavy atom. The number of nitrogens with zero attached hydrogens (tertiary/aromatic N) is 1. The van der Waals surface area contributed by atoms with Crippen molar-refractivity contribution in [1.82, 2.24) is 10.2 Å². The van der Waals surface area contributed by atoms with E-state index in [9.17, 15) is 9.59 Å². The number of carbonyl (C=O) groups is 3. The van der Waals surface area contributed by atoms with Crippen molar-refractivity contribution in [2.24, 2.45) is 0 Å². The topological polar surface area (TPSA) is 95.9 Å². The lowest BCUT2D eigenvalue weighted by Crippen LogP contribution is -2.46. The number of hydrogen-bond donors (Lipinski definition) is 2. The van der Waals surface area contributed by atoms with Gasteiger partial charge in [-0.25, -0.2) is 4.79 Å². The van der Waals surface area contributed by atoms with Gasteiger partial charge in [0.2, 0.25) is 5.91 Å². The van der Waals surface area contributed by atoms with Gasteiger partial charge < -0.3 is 20.1 Å². The van der Waals surface area contributed by atoms with Crippen molar-refractivity contribution >= 4 is 18.5 Å². The molecule has 1 aromatic rings. The van der Waals surface area contributed by atoms with Crippen LogP contribution in [0.3, 0.4) is 0 Å². The van der Waals surface area contributed by atoms with E-state index in [0.29, 0.717) is 13.1 Å². The third-order valence-electron chi connectivity index (χ3n) is 3.70. The summed E-state index contributed by atoms with van der Waals surface area (Å²) in [5.74, 6) is -0.0429. The summed E-state index contributed by atoms with van der Waals surface area (Å²) in [7, 11) is 0. The zero-order valence-corrected chi connectivity index (χ0v) is 12.0. The fraction of sp³-hybridized carbons (Fsp3) is 0.400. The highest BCUT2D eigenvalue weighted by Crippen LogP contribution is 2.16.